The molecule has 2 aromatic rings. The molecular formula is C21H26N2O5. The fourth-order valence-electron chi connectivity index (χ4n) is 3.39. The summed E-state index contributed by atoms with van der Waals surface area (Å²) >= 11 is 0. The molecule has 0 saturated heterocycles. The number of hydrogen-bond acceptors (Lipinski definition) is 6. The Bertz CT molecular complexity index is 849. The molecule has 4 N–H and O–H groups in total. The summed E-state index contributed by atoms with van der Waals surface area (Å²) < 4.78 is 10.7. The molecule has 0 bridgehead atoms. The number of carbonyl (C=O) groups is 1. The number of methoxy groups -OCH3 is 1. The predicted octanol–water partition coefficient (Wildman–Crippen LogP) is 2.20. The first-order valence-corrected chi connectivity index (χ1v) is 9.13. The molecule has 0 spiro atoms. The number of carbonyl (C=O) groups excluding carboxylic acids is 1. The molecule has 2 aromatic carbocycles. The van der Waals surface area contributed by atoms with Crippen LogP contribution in [-0.2, 0) is 17.6 Å². The molecule has 0 aromatic heterocycles. The van der Waals surface area contributed by atoms with Crippen LogP contribution in [0.1, 0.15) is 25.0 Å². The lowest BCUT2D eigenvalue weighted by Crippen LogP contribution is -2.48. The van der Waals surface area contributed by atoms with Gasteiger partial charge in [-0.25, -0.2) is 0 Å². The van der Waals surface area contributed by atoms with Gasteiger partial charge in [-0.05, 0) is 44.0 Å². The van der Waals surface area contributed by atoms with Gasteiger partial charge in [0.1, 0.15) is 23.4 Å². The molecule has 1 unspecified atom stereocenters. The molecule has 150 valence electrons. The Balaban J connectivity index is 1.67. The maximum absolute atomic E-state index is 11.5. The van der Waals surface area contributed by atoms with E-state index in [0.717, 1.165) is 11.3 Å². The van der Waals surface area contributed by atoms with E-state index in [0.29, 0.717) is 17.7 Å². The van der Waals surface area contributed by atoms with Crippen LogP contribution in [0.3, 0.4) is 0 Å². The summed E-state index contributed by atoms with van der Waals surface area (Å²) in [6, 6.07) is 11.0. The molecule has 0 fully saturated rings. The van der Waals surface area contributed by atoms with Crippen molar-refractivity contribution in [2.75, 3.05) is 19.0 Å². The van der Waals surface area contributed by atoms with Crippen molar-refractivity contribution in [3.63, 3.8) is 0 Å². The zero-order valence-corrected chi connectivity index (χ0v) is 16.3. The SMILES string of the molecule is COc1ccc(CC(C)(C)NC(O)Cc2ccc(O)c3c2OCC(=O)N3)cc1. The fourth-order valence-corrected chi connectivity index (χ4v) is 3.39. The second kappa shape index (κ2) is 8.08. The molecule has 1 atom stereocenters. The van der Waals surface area contributed by atoms with Crippen LogP contribution >= 0.6 is 0 Å². The Morgan fingerprint density at radius 1 is 1.25 bits per heavy atom. The highest BCUT2D eigenvalue weighted by Crippen LogP contribution is 2.39. The molecular weight excluding hydrogens is 360 g/mol. The maximum Gasteiger partial charge on any atom is 0.262 e. The van der Waals surface area contributed by atoms with Crippen LogP contribution in [-0.4, -0.2) is 41.6 Å². The second-order valence-electron chi connectivity index (χ2n) is 7.56. The number of aliphatic hydroxyl groups excluding tert-OH is 1. The third kappa shape index (κ3) is 4.74. The quantitative estimate of drug-likeness (QED) is 0.430. The Morgan fingerprint density at radius 2 is 1.96 bits per heavy atom. The minimum atomic E-state index is -0.830. The van der Waals surface area contributed by atoms with E-state index < -0.39 is 6.23 Å². The highest BCUT2D eigenvalue weighted by molar-refractivity contribution is 5.97. The van der Waals surface area contributed by atoms with Gasteiger partial charge in [0.05, 0.1) is 7.11 Å². The van der Waals surface area contributed by atoms with E-state index in [1.54, 1.807) is 13.2 Å². The van der Waals surface area contributed by atoms with Gasteiger partial charge in [0.15, 0.2) is 12.4 Å². The van der Waals surface area contributed by atoms with Crippen LogP contribution in [0.4, 0.5) is 5.69 Å². The van der Waals surface area contributed by atoms with E-state index in [-0.39, 0.29) is 35.9 Å². The summed E-state index contributed by atoms with van der Waals surface area (Å²) in [4.78, 5) is 11.5. The average Bonchev–Trinajstić information content (AvgIpc) is 2.64. The number of fused-ring (bicyclic) bond motifs is 1. The molecule has 0 aliphatic carbocycles. The largest absolute Gasteiger partial charge is 0.506 e. The molecule has 7 heteroatoms. The van der Waals surface area contributed by atoms with Crippen LogP contribution < -0.4 is 20.1 Å². The van der Waals surface area contributed by atoms with Gasteiger partial charge in [0.25, 0.3) is 5.91 Å². The van der Waals surface area contributed by atoms with Gasteiger partial charge >= 0.3 is 0 Å². The van der Waals surface area contributed by atoms with E-state index >= 15 is 0 Å². The summed E-state index contributed by atoms with van der Waals surface area (Å²) in [5.41, 5.74) is 1.71. The number of amides is 1. The average molecular weight is 386 g/mol. The Labute approximate surface area is 164 Å². The zero-order valence-electron chi connectivity index (χ0n) is 16.3. The summed E-state index contributed by atoms with van der Waals surface area (Å²) in [7, 11) is 1.63. The van der Waals surface area contributed by atoms with Crippen molar-refractivity contribution < 1.29 is 24.5 Å². The van der Waals surface area contributed by atoms with Crippen molar-refractivity contribution in [2.24, 2.45) is 0 Å². The van der Waals surface area contributed by atoms with E-state index in [9.17, 15) is 15.0 Å². The minimum absolute atomic E-state index is 0.0610. The molecule has 1 heterocycles. The van der Waals surface area contributed by atoms with Crippen LogP contribution in [0.5, 0.6) is 17.2 Å². The Morgan fingerprint density at radius 3 is 2.64 bits per heavy atom. The van der Waals surface area contributed by atoms with E-state index in [4.69, 9.17) is 9.47 Å². The minimum Gasteiger partial charge on any atom is -0.506 e. The van der Waals surface area contributed by atoms with Crippen molar-refractivity contribution in [1.82, 2.24) is 5.32 Å². The summed E-state index contributed by atoms with van der Waals surface area (Å²) in [5, 5.41) is 26.4. The topological polar surface area (TPSA) is 100 Å². The number of rotatable bonds is 7. The van der Waals surface area contributed by atoms with Crippen LogP contribution in [0.2, 0.25) is 0 Å². The molecule has 1 aliphatic heterocycles. The molecule has 0 saturated carbocycles. The number of anilines is 1. The van der Waals surface area contributed by atoms with Gasteiger partial charge in [-0.15, -0.1) is 0 Å². The summed E-state index contributed by atoms with van der Waals surface area (Å²) in [6.07, 6.45) is 0.154. The first-order valence-electron chi connectivity index (χ1n) is 9.13. The molecule has 3 rings (SSSR count). The molecule has 7 nitrogen and oxygen atoms in total. The van der Waals surface area contributed by atoms with Gasteiger partial charge in [-0.1, -0.05) is 18.2 Å². The fraction of sp³-hybridized carbons (Fsp3) is 0.381. The second-order valence-corrected chi connectivity index (χ2v) is 7.56. The number of phenolic OH excluding ortho intramolecular Hbond substituents is 1. The van der Waals surface area contributed by atoms with Crippen molar-refractivity contribution in [3.8, 4) is 17.2 Å². The zero-order chi connectivity index (χ0) is 20.3. The van der Waals surface area contributed by atoms with Crippen LogP contribution in [0.25, 0.3) is 0 Å². The predicted molar refractivity (Wildman–Crippen MR) is 106 cm³/mol. The highest BCUT2D eigenvalue weighted by atomic mass is 16.5. The van der Waals surface area contributed by atoms with E-state index in [2.05, 4.69) is 10.6 Å². The van der Waals surface area contributed by atoms with E-state index in [1.165, 1.54) is 6.07 Å². The van der Waals surface area contributed by atoms with Crippen molar-refractivity contribution in [1.29, 1.82) is 0 Å². The number of aromatic hydroxyl groups is 1. The number of ether oxygens (including phenoxy) is 2. The standard InChI is InChI=1S/C21H26N2O5/c1-21(2,11-13-4-7-15(27-3)8-5-13)23-17(25)10-14-6-9-16(24)19-20(14)28-12-18(26)22-19/h4-9,17,23-25H,10-12H2,1-3H3,(H,22,26). The third-order valence-corrected chi connectivity index (χ3v) is 4.60. The Kier molecular flexibility index (Phi) is 5.76. The number of hydrogen-bond donors (Lipinski definition) is 4. The van der Waals surface area contributed by atoms with Gasteiger partial charge in [-0.2, -0.15) is 0 Å². The molecule has 0 radical (unpaired) electrons. The van der Waals surface area contributed by atoms with Gasteiger partial charge in [0, 0.05) is 17.5 Å². The number of aliphatic hydroxyl groups is 1. The highest BCUT2D eigenvalue weighted by Gasteiger charge is 2.26. The summed E-state index contributed by atoms with van der Waals surface area (Å²) in [6.45, 7) is 3.92. The lowest BCUT2D eigenvalue weighted by molar-refractivity contribution is -0.118. The normalized spacial score (nSPS) is 14.6. The van der Waals surface area contributed by atoms with Gasteiger partial charge < -0.3 is 25.0 Å². The van der Waals surface area contributed by atoms with Gasteiger partial charge in [-0.3, -0.25) is 10.1 Å². The van der Waals surface area contributed by atoms with Crippen LogP contribution in [0.15, 0.2) is 36.4 Å². The number of benzene rings is 2. The monoisotopic (exact) mass is 386 g/mol. The molecule has 1 aliphatic rings. The number of phenols is 1. The lowest BCUT2D eigenvalue weighted by atomic mass is 9.94. The van der Waals surface area contributed by atoms with Crippen LogP contribution in [0, 0.1) is 0 Å². The van der Waals surface area contributed by atoms with Crippen molar-refractivity contribution >= 4 is 11.6 Å². The first-order chi connectivity index (χ1) is 13.3. The third-order valence-electron chi connectivity index (χ3n) is 4.60. The summed E-state index contributed by atoms with van der Waals surface area (Å²) in [5.74, 6) is 0.820. The Hall–Kier alpha value is -2.77. The lowest BCUT2D eigenvalue weighted by Gasteiger charge is -2.30. The van der Waals surface area contributed by atoms with Crippen molar-refractivity contribution in [3.05, 3.63) is 47.5 Å². The van der Waals surface area contributed by atoms with Crippen molar-refractivity contribution in [2.45, 2.75) is 38.5 Å². The molecule has 1 amide bonds. The smallest absolute Gasteiger partial charge is 0.262 e. The maximum atomic E-state index is 11.5. The molecule has 28 heavy (non-hydrogen) atoms. The number of nitrogens with one attached hydrogen (secondary N) is 2. The first kappa shape index (κ1) is 20.0. The van der Waals surface area contributed by atoms with E-state index in [1.807, 2.05) is 38.1 Å². The van der Waals surface area contributed by atoms with Gasteiger partial charge in [0.2, 0.25) is 0 Å².